The largest absolute Gasteiger partial charge is 0.497 e. The Balaban J connectivity index is 1.90. The van der Waals surface area contributed by atoms with E-state index in [1.54, 1.807) is 48.2 Å². The van der Waals surface area contributed by atoms with Crippen molar-refractivity contribution in [3.63, 3.8) is 0 Å². The van der Waals surface area contributed by atoms with Gasteiger partial charge in [-0.05, 0) is 30.3 Å². The number of nitrogens with one attached hydrogen (secondary N) is 1. The molecule has 26 heavy (non-hydrogen) atoms. The predicted molar refractivity (Wildman–Crippen MR) is 104 cm³/mol. The van der Waals surface area contributed by atoms with Gasteiger partial charge in [-0.2, -0.15) is 0 Å². The standard InChI is InChI=1S/C19H17BrN2O4/c1-25-13-4-6-18(26-2)15(10-13)21-19(24)11-22-8-7-17(23)14-5-3-12(20)9-16(14)22/h3-10H,11H2,1-2H3,(H,21,24). The smallest absolute Gasteiger partial charge is 0.244 e. The van der Waals surface area contributed by atoms with Crippen molar-refractivity contribution in [2.75, 3.05) is 19.5 Å². The Morgan fingerprint density at radius 2 is 1.92 bits per heavy atom. The highest BCUT2D eigenvalue weighted by Gasteiger charge is 2.11. The minimum Gasteiger partial charge on any atom is -0.497 e. The van der Waals surface area contributed by atoms with Crippen LogP contribution < -0.4 is 20.2 Å². The van der Waals surface area contributed by atoms with Crippen molar-refractivity contribution in [1.29, 1.82) is 0 Å². The second kappa shape index (κ2) is 7.61. The molecule has 0 aliphatic rings. The van der Waals surface area contributed by atoms with Gasteiger partial charge in [0.25, 0.3) is 0 Å². The second-order valence-corrected chi connectivity index (χ2v) is 6.50. The molecule has 0 bridgehead atoms. The summed E-state index contributed by atoms with van der Waals surface area (Å²) in [6.07, 6.45) is 1.61. The number of aromatic nitrogens is 1. The molecule has 0 aliphatic carbocycles. The van der Waals surface area contributed by atoms with Crippen LogP contribution >= 0.6 is 15.9 Å². The number of amides is 1. The fraction of sp³-hybridized carbons (Fsp3) is 0.158. The number of fused-ring (bicyclic) bond motifs is 1. The third kappa shape index (κ3) is 3.72. The molecule has 0 atom stereocenters. The second-order valence-electron chi connectivity index (χ2n) is 5.58. The van der Waals surface area contributed by atoms with Gasteiger partial charge in [0.15, 0.2) is 5.43 Å². The van der Waals surface area contributed by atoms with Crippen LogP contribution in [0.25, 0.3) is 10.9 Å². The van der Waals surface area contributed by atoms with E-state index >= 15 is 0 Å². The number of nitrogens with zero attached hydrogens (tertiary/aromatic N) is 1. The number of anilines is 1. The van der Waals surface area contributed by atoms with Gasteiger partial charge in [0.05, 0.1) is 25.4 Å². The molecule has 2 aromatic carbocycles. The number of ether oxygens (including phenoxy) is 2. The number of rotatable bonds is 5. The SMILES string of the molecule is COc1ccc(OC)c(NC(=O)Cn2ccc(=O)c3ccc(Br)cc32)c1. The molecule has 3 aromatic rings. The van der Waals surface area contributed by atoms with E-state index in [2.05, 4.69) is 21.2 Å². The molecule has 0 spiro atoms. The first-order chi connectivity index (χ1) is 12.5. The summed E-state index contributed by atoms with van der Waals surface area (Å²) in [5, 5.41) is 3.38. The van der Waals surface area contributed by atoms with Gasteiger partial charge in [-0.15, -0.1) is 0 Å². The topological polar surface area (TPSA) is 69.6 Å². The highest BCUT2D eigenvalue weighted by molar-refractivity contribution is 9.10. The highest BCUT2D eigenvalue weighted by Crippen LogP contribution is 2.29. The van der Waals surface area contributed by atoms with E-state index in [4.69, 9.17) is 9.47 Å². The van der Waals surface area contributed by atoms with Gasteiger partial charge in [-0.25, -0.2) is 0 Å². The van der Waals surface area contributed by atoms with Crippen LogP contribution in [0.2, 0.25) is 0 Å². The van der Waals surface area contributed by atoms with Gasteiger partial charge in [-0.1, -0.05) is 15.9 Å². The number of carbonyl (C=O) groups excluding carboxylic acids is 1. The van der Waals surface area contributed by atoms with Gasteiger partial charge in [0.2, 0.25) is 5.91 Å². The third-order valence-electron chi connectivity index (χ3n) is 3.94. The van der Waals surface area contributed by atoms with E-state index in [1.165, 1.54) is 13.2 Å². The number of benzene rings is 2. The quantitative estimate of drug-likeness (QED) is 0.691. The van der Waals surface area contributed by atoms with Crippen LogP contribution in [0.4, 0.5) is 5.69 Å². The number of hydrogen-bond donors (Lipinski definition) is 1. The molecule has 1 amide bonds. The van der Waals surface area contributed by atoms with Crippen LogP contribution in [-0.4, -0.2) is 24.7 Å². The molecule has 134 valence electrons. The van der Waals surface area contributed by atoms with Crippen molar-refractivity contribution in [3.8, 4) is 11.5 Å². The number of methoxy groups -OCH3 is 2. The normalized spacial score (nSPS) is 10.6. The van der Waals surface area contributed by atoms with E-state index in [1.807, 2.05) is 6.07 Å². The molecule has 0 radical (unpaired) electrons. The number of hydrogen-bond acceptors (Lipinski definition) is 4. The minimum atomic E-state index is -0.249. The zero-order valence-electron chi connectivity index (χ0n) is 14.3. The average molecular weight is 417 g/mol. The fourth-order valence-corrected chi connectivity index (χ4v) is 3.02. The zero-order valence-corrected chi connectivity index (χ0v) is 15.9. The summed E-state index contributed by atoms with van der Waals surface area (Å²) in [5.74, 6) is 0.895. The van der Waals surface area contributed by atoms with E-state index in [0.717, 1.165) is 4.47 Å². The van der Waals surface area contributed by atoms with Crippen LogP contribution in [0.1, 0.15) is 0 Å². The molecule has 3 rings (SSSR count). The first-order valence-corrected chi connectivity index (χ1v) is 8.61. The molecule has 7 heteroatoms. The van der Waals surface area contributed by atoms with Crippen molar-refractivity contribution in [2.24, 2.45) is 0 Å². The monoisotopic (exact) mass is 416 g/mol. The molecule has 1 N–H and O–H groups in total. The predicted octanol–water partition coefficient (Wildman–Crippen LogP) is 3.42. The van der Waals surface area contributed by atoms with Gasteiger partial charge in [-0.3, -0.25) is 9.59 Å². The summed E-state index contributed by atoms with van der Waals surface area (Å²) in [5.41, 5.74) is 1.11. The lowest BCUT2D eigenvalue weighted by Crippen LogP contribution is -2.20. The van der Waals surface area contributed by atoms with Crippen LogP contribution in [0.15, 0.2) is 57.9 Å². The fourth-order valence-electron chi connectivity index (χ4n) is 2.67. The Hall–Kier alpha value is -2.80. The van der Waals surface area contributed by atoms with E-state index in [0.29, 0.717) is 28.1 Å². The van der Waals surface area contributed by atoms with E-state index < -0.39 is 0 Å². The first-order valence-electron chi connectivity index (χ1n) is 7.82. The average Bonchev–Trinajstić information content (AvgIpc) is 2.64. The number of carbonyl (C=O) groups is 1. The van der Waals surface area contributed by atoms with Crippen molar-refractivity contribution in [3.05, 3.63) is 63.4 Å². The van der Waals surface area contributed by atoms with Gasteiger partial charge >= 0.3 is 0 Å². The molecule has 0 unspecified atom stereocenters. The van der Waals surface area contributed by atoms with Gasteiger partial charge < -0.3 is 19.4 Å². The zero-order chi connectivity index (χ0) is 18.7. The van der Waals surface area contributed by atoms with Crippen LogP contribution in [0.3, 0.4) is 0 Å². The minimum absolute atomic E-state index is 0.0492. The summed E-state index contributed by atoms with van der Waals surface area (Å²) in [6, 6.07) is 12.0. The molecular weight excluding hydrogens is 400 g/mol. The van der Waals surface area contributed by atoms with Crippen LogP contribution in [-0.2, 0) is 11.3 Å². The third-order valence-corrected chi connectivity index (χ3v) is 4.43. The van der Waals surface area contributed by atoms with Gasteiger partial charge in [0.1, 0.15) is 18.0 Å². The van der Waals surface area contributed by atoms with E-state index in [9.17, 15) is 9.59 Å². The maximum absolute atomic E-state index is 12.5. The summed E-state index contributed by atoms with van der Waals surface area (Å²) < 4.78 is 13.0. The maximum atomic E-state index is 12.5. The Morgan fingerprint density at radius 1 is 1.12 bits per heavy atom. The Morgan fingerprint density at radius 3 is 2.65 bits per heavy atom. The molecule has 0 fully saturated rings. The Bertz CT molecular complexity index is 1030. The number of pyridine rings is 1. The molecule has 1 heterocycles. The lowest BCUT2D eigenvalue weighted by atomic mass is 10.2. The summed E-state index contributed by atoms with van der Waals surface area (Å²) in [6.45, 7) is 0.0492. The Labute approximate surface area is 158 Å². The van der Waals surface area contributed by atoms with Crippen molar-refractivity contribution in [2.45, 2.75) is 6.54 Å². The highest BCUT2D eigenvalue weighted by atomic mass is 79.9. The maximum Gasteiger partial charge on any atom is 0.244 e. The molecule has 0 aliphatic heterocycles. The number of halogens is 1. The molecule has 0 saturated heterocycles. The molecule has 0 saturated carbocycles. The summed E-state index contributed by atoms with van der Waals surface area (Å²) in [7, 11) is 3.09. The lowest BCUT2D eigenvalue weighted by molar-refractivity contribution is -0.116. The van der Waals surface area contributed by atoms with E-state index in [-0.39, 0.29) is 17.9 Å². The molecule has 6 nitrogen and oxygen atoms in total. The summed E-state index contributed by atoms with van der Waals surface area (Å²) >= 11 is 3.40. The van der Waals surface area contributed by atoms with Crippen LogP contribution in [0.5, 0.6) is 11.5 Å². The van der Waals surface area contributed by atoms with Crippen molar-refractivity contribution < 1.29 is 14.3 Å². The van der Waals surface area contributed by atoms with Gasteiger partial charge in [0, 0.05) is 28.2 Å². The summed E-state index contributed by atoms with van der Waals surface area (Å²) in [4.78, 5) is 24.6. The first kappa shape index (κ1) is 18.0. The Kier molecular flexibility index (Phi) is 5.27. The lowest BCUT2D eigenvalue weighted by Gasteiger charge is -2.14. The van der Waals surface area contributed by atoms with Crippen LogP contribution in [0, 0.1) is 0 Å². The van der Waals surface area contributed by atoms with Crippen molar-refractivity contribution in [1.82, 2.24) is 4.57 Å². The van der Waals surface area contributed by atoms with Crippen molar-refractivity contribution >= 4 is 38.4 Å². The molecule has 1 aromatic heterocycles. The molecular formula is C19H17BrN2O4.